The summed E-state index contributed by atoms with van der Waals surface area (Å²) in [5.41, 5.74) is 0.941. The van der Waals surface area contributed by atoms with E-state index in [1.807, 2.05) is 24.3 Å². The first kappa shape index (κ1) is 12.1. The van der Waals surface area contributed by atoms with E-state index in [1.54, 1.807) is 29.7 Å². The number of amides is 2. The van der Waals surface area contributed by atoms with Crippen LogP contribution in [0.4, 0.5) is 16.3 Å². The molecule has 0 fully saturated rings. The summed E-state index contributed by atoms with van der Waals surface area (Å²) in [6.45, 7) is 2.47. The van der Waals surface area contributed by atoms with Gasteiger partial charge in [-0.15, -0.1) is 11.8 Å². The maximum absolute atomic E-state index is 12.3. The van der Waals surface area contributed by atoms with Crippen LogP contribution in [0, 0.1) is 6.92 Å². The molecule has 1 N–H and O–H groups in total. The third-order valence-electron chi connectivity index (χ3n) is 2.84. The molecule has 0 aliphatic carbocycles. The van der Waals surface area contributed by atoms with Crippen molar-refractivity contribution in [1.82, 2.24) is 5.16 Å². The van der Waals surface area contributed by atoms with E-state index < -0.39 is 0 Å². The van der Waals surface area contributed by atoms with Crippen molar-refractivity contribution in [2.24, 2.45) is 0 Å². The zero-order valence-corrected chi connectivity index (χ0v) is 11.2. The van der Waals surface area contributed by atoms with Crippen LogP contribution < -0.4 is 10.2 Å². The SMILES string of the molecule is Cc1cc(NC(=O)N2CCSc3ccccc32)no1. The highest BCUT2D eigenvalue weighted by Crippen LogP contribution is 2.34. The number of aromatic nitrogens is 1. The van der Waals surface area contributed by atoms with Crippen molar-refractivity contribution in [1.29, 1.82) is 0 Å². The van der Waals surface area contributed by atoms with Crippen LogP contribution in [0.25, 0.3) is 0 Å². The standard InChI is InChI=1S/C13H13N3O2S/c1-9-8-12(15-18-9)14-13(17)16-6-7-19-11-5-3-2-4-10(11)16/h2-5,8H,6-7H2,1H3,(H,14,15,17). The number of nitrogens with one attached hydrogen (secondary N) is 1. The topological polar surface area (TPSA) is 58.4 Å². The van der Waals surface area contributed by atoms with Crippen LogP contribution in [0.15, 0.2) is 39.8 Å². The Morgan fingerprint density at radius 3 is 3.11 bits per heavy atom. The number of anilines is 2. The lowest BCUT2D eigenvalue weighted by atomic mass is 10.3. The molecule has 2 aromatic rings. The Bertz CT molecular complexity index is 611. The number of hydrogen-bond donors (Lipinski definition) is 1. The Hall–Kier alpha value is -1.95. The van der Waals surface area contributed by atoms with Gasteiger partial charge in [0.2, 0.25) is 0 Å². The van der Waals surface area contributed by atoms with E-state index in [1.165, 1.54) is 0 Å². The van der Waals surface area contributed by atoms with Crippen LogP contribution in [0.1, 0.15) is 5.76 Å². The molecular weight excluding hydrogens is 262 g/mol. The van der Waals surface area contributed by atoms with Crippen LogP contribution in [-0.2, 0) is 0 Å². The van der Waals surface area contributed by atoms with Gasteiger partial charge in [-0.05, 0) is 19.1 Å². The van der Waals surface area contributed by atoms with Gasteiger partial charge in [0.1, 0.15) is 5.76 Å². The minimum Gasteiger partial charge on any atom is -0.360 e. The molecule has 6 heteroatoms. The lowest BCUT2D eigenvalue weighted by molar-refractivity contribution is 0.257. The van der Waals surface area contributed by atoms with E-state index in [0.29, 0.717) is 18.1 Å². The van der Waals surface area contributed by atoms with E-state index >= 15 is 0 Å². The van der Waals surface area contributed by atoms with Gasteiger partial charge in [0.05, 0.1) is 5.69 Å². The van der Waals surface area contributed by atoms with Crippen LogP contribution in [-0.4, -0.2) is 23.5 Å². The Kier molecular flexibility index (Phi) is 3.16. The van der Waals surface area contributed by atoms with Crippen molar-refractivity contribution in [3.8, 4) is 0 Å². The van der Waals surface area contributed by atoms with Crippen molar-refractivity contribution in [3.05, 3.63) is 36.1 Å². The number of urea groups is 1. The number of nitrogens with zero attached hydrogens (tertiary/aromatic N) is 2. The second-order valence-electron chi connectivity index (χ2n) is 4.22. The summed E-state index contributed by atoms with van der Waals surface area (Å²) >= 11 is 1.76. The molecule has 0 bridgehead atoms. The van der Waals surface area contributed by atoms with Crippen molar-refractivity contribution in [2.45, 2.75) is 11.8 Å². The van der Waals surface area contributed by atoms with Crippen molar-refractivity contribution in [2.75, 3.05) is 22.5 Å². The molecule has 2 amide bonds. The number of fused-ring (bicyclic) bond motifs is 1. The number of carbonyl (C=O) groups is 1. The highest BCUT2D eigenvalue weighted by atomic mass is 32.2. The number of hydrogen-bond acceptors (Lipinski definition) is 4. The van der Waals surface area contributed by atoms with Gasteiger partial charge < -0.3 is 4.52 Å². The summed E-state index contributed by atoms with van der Waals surface area (Å²) in [5.74, 6) is 2.01. The molecule has 1 aliphatic heterocycles. The second kappa shape index (κ2) is 4.97. The Morgan fingerprint density at radius 2 is 2.32 bits per heavy atom. The lowest BCUT2D eigenvalue weighted by Gasteiger charge is -2.28. The lowest BCUT2D eigenvalue weighted by Crippen LogP contribution is -2.38. The van der Waals surface area contributed by atoms with Crippen LogP contribution in [0.3, 0.4) is 0 Å². The molecule has 1 aliphatic rings. The molecule has 2 heterocycles. The number of carbonyl (C=O) groups excluding carboxylic acids is 1. The third-order valence-corrected chi connectivity index (χ3v) is 3.88. The van der Waals surface area contributed by atoms with Crippen molar-refractivity contribution < 1.29 is 9.32 Å². The normalized spacial score (nSPS) is 14.1. The first-order valence-electron chi connectivity index (χ1n) is 5.98. The van der Waals surface area contributed by atoms with Crippen LogP contribution >= 0.6 is 11.8 Å². The summed E-state index contributed by atoms with van der Waals surface area (Å²) in [4.78, 5) is 15.1. The molecule has 0 radical (unpaired) electrons. The van der Waals surface area contributed by atoms with Gasteiger partial charge in [-0.3, -0.25) is 10.2 Å². The van der Waals surface area contributed by atoms with Crippen LogP contribution in [0.2, 0.25) is 0 Å². The molecule has 0 saturated carbocycles. The van der Waals surface area contributed by atoms with E-state index in [4.69, 9.17) is 4.52 Å². The van der Waals surface area contributed by atoms with Crippen molar-refractivity contribution >= 4 is 29.3 Å². The first-order valence-corrected chi connectivity index (χ1v) is 6.96. The van der Waals surface area contributed by atoms with Gasteiger partial charge in [0, 0.05) is 23.3 Å². The second-order valence-corrected chi connectivity index (χ2v) is 5.36. The Morgan fingerprint density at radius 1 is 1.47 bits per heavy atom. The van der Waals surface area contributed by atoms with E-state index in [0.717, 1.165) is 16.3 Å². The number of benzene rings is 1. The van der Waals surface area contributed by atoms with Crippen LogP contribution in [0.5, 0.6) is 0 Å². The predicted molar refractivity (Wildman–Crippen MR) is 74.8 cm³/mol. The number of rotatable bonds is 1. The zero-order chi connectivity index (χ0) is 13.2. The number of aryl methyl sites for hydroxylation is 1. The minimum atomic E-state index is -0.180. The summed E-state index contributed by atoms with van der Waals surface area (Å²) < 4.78 is 4.93. The van der Waals surface area contributed by atoms with E-state index in [9.17, 15) is 4.79 Å². The number of thioether (sulfide) groups is 1. The molecule has 0 atom stereocenters. The van der Waals surface area contributed by atoms with Gasteiger partial charge >= 0.3 is 6.03 Å². The zero-order valence-electron chi connectivity index (χ0n) is 10.4. The summed E-state index contributed by atoms with van der Waals surface area (Å²) in [5, 5.41) is 6.51. The molecule has 98 valence electrons. The van der Waals surface area contributed by atoms with E-state index in [-0.39, 0.29) is 6.03 Å². The van der Waals surface area contributed by atoms with Gasteiger partial charge in [0.15, 0.2) is 5.82 Å². The minimum absolute atomic E-state index is 0.180. The predicted octanol–water partition coefficient (Wildman–Crippen LogP) is 3.13. The maximum Gasteiger partial charge on any atom is 0.327 e. The highest BCUT2D eigenvalue weighted by Gasteiger charge is 2.23. The average molecular weight is 275 g/mol. The number of para-hydroxylation sites is 1. The fraction of sp³-hybridized carbons (Fsp3) is 0.231. The molecule has 0 unspecified atom stereocenters. The molecule has 3 rings (SSSR count). The molecule has 1 aromatic heterocycles. The molecule has 5 nitrogen and oxygen atoms in total. The summed E-state index contributed by atoms with van der Waals surface area (Å²) in [6, 6.07) is 9.41. The Labute approximate surface area is 115 Å². The fourth-order valence-corrected chi connectivity index (χ4v) is 2.98. The van der Waals surface area contributed by atoms with Gasteiger partial charge in [-0.1, -0.05) is 17.3 Å². The molecule has 19 heavy (non-hydrogen) atoms. The quantitative estimate of drug-likeness (QED) is 0.868. The van der Waals surface area contributed by atoms with Gasteiger partial charge in [0.25, 0.3) is 0 Å². The summed E-state index contributed by atoms with van der Waals surface area (Å²) in [6.07, 6.45) is 0. The maximum atomic E-state index is 12.3. The highest BCUT2D eigenvalue weighted by molar-refractivity contribution is 7.99. The molecule has 0 saturated heterocycles. The van der Waals surface area contributed by atoms with E-state index in [2.05, 4.69) is 10.5 Å². The molecule has 0 spiro atoms. The Balaban J connectivity index is 1.81. The first-order chi connectivity index (χ1) is 9.24. The molecule has 1 aromatic carbocycles. The van der Waals surface area contributed by atoms with Gasteiger partial charge in [-0.2, -0.15) is 0 Å². The van der Waals surface area contributed by atoms with Gasteiger partial charge in [-0.25, -0.2) is 4.79 Å². The largest absolute Gasteiger partial charge is 0.360 e. The fourth-order valence-electron chi connectivity index (χ4n) is 1.98. The van der Waals surface area contributed by atoms with Crippen molar-refractivity contribution in [3.63, 3.8) is 0 Å². The monoisotopic (exact) mass is 275 g/mol. The average Bonchev–Trinajstić information content (AvgIpc) is 2.83. The summed E-state index contributed by atoms with van der Waals surface area (Å²) in [7, 11) is 0. The molecular formula is C13H13N3O2S. The smallest absolute Gasteiger partial charge is 0.327 e. The third kappa shape index (κ3) is 2.44.